The molecule has 1 aliphatic rings. The summed E-state index contributed by atoms with van der Waals surface area (Å²) in [6.07, 6.45) is 2.32. The summed E-state index contributed by atoms with van der Waals surface area (Å²) in [4.78, 5) is 36.3. The summed E-state index contributed by atoms with van der Waals surface area (Å²) >= 11 is 9.86. The summed E-state index contributed by atoms with van der Waals surface area (Å²) in [5.41, 5.74) is 0.892. The lowest BCUT2D eigenvalue weighted by Crippen LogP contribution is -2.32. The minimum absolute atomic E-state index is 0.134. The molecule has 0 atom stereocenters. The van der Waals surface area contributed by atoms with Gasteiger partial charge in [0.05, 0.1) is 4.91 Å². The lowest BCUT2D eigenvalue weighted by Gasteiger charge is -2.13. The molecule has 0 radical (unpaired) electrons. The first-order valence-electron chi connectivity index (χ1n) is 7.36. The fourth-order valence-corrected chi connectivity index (χ4v) is 3.83. The van der Waals surface area contributed by atoms with Crippen LogP contribution in [0.25, 0.3) is 6.08 Å². The Morgan fingerprint density at radius 2 is 2.16 bits per heavy atom. The smallest absolute Gasteiger partial charge is 0.322 e. The Hall–Kier alpha value is -1.71. The van der Waals surface area contributed by atoms with Crippen molar-refractivity contribution in [3.05, 3.63) is 39.2 Å². The van der Waals surface area contributed by atoms with Crippen LogP contribution in [-0.4, -0.2) is 45.2 Å². The summed E-state index contributed by atoms with van der Waals surface area (Å²) in [5, 5.41) is 10.8. The molecule has 0 unspecified atom stereocenters. The highest BCUT2D eigenvalue weighted by molar-refractivity contribution is 9.10. The van der Waals surface area contributed by atoms with E-state index in [4.69, 9.17) is 17.3 Å². The largest absolute Gasteiger partial charge is 0.480 e. The maximum atomic E-state index is 12.5. The number of carboxylic acids is 1. The van der Waals surface area contributed by atoms with Crippen molar-refractivity contribution in [3.8, 4) is 0 Å². The Kier molecular flexibility index (Phi) is 7.15. The van der Waals surface area contributed by atoms with Gasteiger partial charge < -0.3 is 10.4 Å². The van der Waals surface area contributed by atoms with E-state index in [1.54, 1.807) is 6.08 Å². The predicted molar refractivity (Wildman–Crippen MR) is 104 cm³/mol. The Morgan fingerprint density at radius 1 is 1.40 bits per heavy atom. The third-order valence-electron chi connectivity index (χ3n) is 3.24. The predicted octanol–water partition coefficient (Wildman–Crippen LogP) is 2.63. The van der Waals surface area contributed by atoms with E-state index in [0.717, 1.165) is 10.0 Å². The van der Waals surface area contributed by atoms with Gasteiger partial charge in [0.25, 0.3) is 5.91 Å². The molecule has 1 fully saturated rings. The van der Waals surface area contributed by atoms with Crippen molar-refractivity contribution in [2.45, 2.75) is 12.8 Å². The van der Waals surface area contributed by atoms with Crippen molar-refractivity contribution in [2.75, 3.05) is 13.1 Å². The molecule has 0 aromatic heterocycles. The minimum Gasteiger partial charge on any atom is -0.480 e. The molecule has 9 heteroatoms. The van der Waals surface area contributed by atoms with Crippen LogP contribution < -0.4 is 5.32 Å². The molecule has 2 amide bonds. The van der Waals surface area contributed by atoms with Crippen LogP contribution in [0.1, 0.15) is 18.4 Å². The highest BCUT2D eigenvalue weighted by Gasteiger charge is 2.31. The number of nitrogens with zero attached hydrogens (tertiary/aromatic N) is 1. The molecular formula is C16H15BrN2O4S2. The number of carboxylic acid groups (broad SMARTS) is 1. The number of carbonyl (C=O) groups is 3. The van der Waals surface area contributed by atoms with E-state index < -0.39 is 12.5 Å². The van der Waals surface area contributed by atoms with Crippen LogP contribution in [0.2, 0.25) is 0 Å². The third-order valence-corrected chi connectivity index (χ3v) is 5.11. The molecule has 1 saturated heterocycles. The molecule has 0 bridgehead atoms. The molecule has 0 spiro atoms. The Labute approximate surface area is 162 Å². The third kappa shape index (κ3) is 5.94. The van der Waals surface area contributed by atoms with E-state index in [9.17, 15) is 14.4 Å². The van der Waals surface area contributed by atoms with Crippen molar-refractivity contribution in [2.24, 2.45) is 0 Å². The van der Waals surface area contributed by atoms with Gasteiger partial charge in [0, 0.05) is 17.4 Å². The lowest BCUT2D eigenvalue weighted by molar-refractivity contribution is -0.137. The van der Waals surface area contributed by atoms with Crippen molar-refractivity contribution in [1.29, 1.82) is 0 Å². The highest BCUT2D eigenvalue weighted by atomic mass is 79.9. The second-order valence-electron chi connectivity index (χ2n) is 5.16. The van der Waals surface area contributed by atoms with Crippen molar-refractivity contribution >= 4 is 68.1 Å². The molecule has 1 aromatic carbocycles. The SMILES string of the molecule is O=C(O)CNC(=O)CCCN1C(=O)/C(=C/c2cccc(Br)c2)SC1=S. The van der Waals surface area contributed by atoms with E-state index in [1.807, 2.05) is 24.3 Å². The number of hydrogen-bond acceptors (Lipinski definition) is 5. The van der Waals surface area contributed by atoms with Crippen LogP contribution in [0.4, 0.5) is 0 Å². The van der Waals surface area contributed by atoms with Crippen LogP contribution in [0.5, 0.6) is 0 Å². The number of amides is 2. The molecular weight excluding hydrogens is 428 g/mol. The Morgan fingerprint density at radius 3 is 2.84 bits per heavy atom. The topological polar surface area (TPSA) is 86.7 Å². The van der Waals surface area contributed by atoms with Gasteiger partial charge in [0.2, 0.25) is 5.91 Å². The average Bonchev–Trinajstić information content (AvgIpc) is 2.80. The highest BCUT2D eigenvalue weighted by Crippen LogP contribution is 2.33. The molecule has 2 N–H and O–H groups in total. The number of thioether (sulfide) groups is 1. The van der Waals surface area contributed by atoms with Gasteiger partial charge in [0.15, 0.2) is 0 Å². The first-order valence-corrected chi connectivity index (χ1v) is 9.38. The maximum Gasteiger partial charge on any atom is 0.322 e. The van der Waals surface area contributed by atoms with Gasteiger partial charge >= 0.3 is 5.97 Å². The molecule has 0 saturated carbocycles. The second-order valence-corrected chi connectivity index (χ2v) is 7.75. The number of halogens is 1. The zero-order valence-electron chi connectivity index (χ0n) is 13.0. The molecule has 6 nitrogen and oxygen atoms in total. The second kappa shape index (κ2) is 9.12. The maximum absolute atomic E-state index is 12.5. The number of aliphatic carboxylic acids is 1. The Balaban J connectivity index is 1.90. The fraction of sp³-hybridized carbons (Fsp3) is 0.250. The number of rotatable bonds is 7. The molecule has 1 heterocycles. The fourth-order valence-electron chi connectivity index (χ4n) is 2.10. The van der Waals surface area contributed by atoms with Crippen molar-refractivity contribution < 1.29 is 19.5 Å². The van der Waals surface area contributed by atoms with Crippen molar-refractivity contribution in [3.63, 3.8) is 0 Å². The van der Waals surface area contributed by atoms with Crippen LogP contribution in [0, 0.1) is 0 Å². The molecule has 1 aromatic rings. The Bertz CT molecular complexity index is 751. The van der Waals surface area contributed by atoms with Gasteiger partial charge in [-0.1, -0.05) is 52.0 Å². The molecule has 1 aliphatic heterocycles. The summed E-state index contributed by atoms with van der Waals surface area (Å²) in [7, 11) is 0. The first-order chi connectivity index (χ1) is 11.9. The quantitative estimate of drug-likeness (QED) is 0.498. The van der Waals surface area contributed by atoms with Gasteiger partial charge in [-0.3, -0.25) is 19.3 Å². The molecule has 132 valence electrons. The zero-order valence-corrected chi connectivity index (χ0v) is 16.2. The van der Waals surface area contributed by atoms with Gasteiger partial charge in [-0.05, 0) is 30.2 Å². The van der Waals surface area contributed by atoms with E-state index in [-0.39, 0.29) is 18.2 Å². The summed E-state index contributed by atoms with van der Waals surface area (Å²) < 4.78 is 1.38. The summed E-state index contributed by atoms with van der Waals surface area (Å²) in [6.45, 7) is -0.0871. The normalized spacial score (nSPS) is 15.7. The van der Waals surface area contributed by atoms with Gasteiger partial charge in [0.1, 0.15) is 10.9 Å². The summed E-state index contributed by atoms with van der Waals surface area (Å²) in [6, 6.07) is 7.58. The standard InChI is InChI=1S/C16H15BrN2O4S2/c17-11-4-1-3-10(7-11)8-12-15(23)19(16(24)25-12)6-2-5-13(20)18-9-14(21)22/h1,3-4,7-8H,2,5-6,9H2,(H,18,20)(H,21,22)/b12-8-. The van der Waals surface area contributed by atoms with E-state index in [0.29, 0.717) is 22.2 Å². The number of hydrogen-bond donors (Lipinski definition) is 2. The van der Waals surface area contributed by atoms with Crippen LogP contribution in [0.15, 0.2) is 33.6 Å². The van der Waals surface area contributed by atoms with Crippen LogP contribution >= 0.6 is 39.9 Å². The monoisotopic (exact) mass is 442 g/mol. The number of nitrogens with one attached hydrogen (secondary N) is 1. The summed E-state index contributed by atoms with van der Waals surface area (Å²) in [5.74, 6) is -1.64. The van der Waals surface area contributed by atoms with Gasteiger partial charge in [-0.2, -0.15) is 0 Å². The zero-order chi connectivity index (χ0) is 18.4. The molecule has 0 aliphatic carbocycles. The number of thiocarbonyl (C=S) groups is 1. The van der Waals surface area contributed by atoms with Crippen LogP contribution in [-0.2, 0) is 14.4 Å². The molecule has 2 rings (SSSR count). The minimum atomic E-state index is -1.09. The van der Waals surface area contributed by atoms with Crippen LogP contribution in [0.3, 0.4) is 0 Å². The first kappa shape index (κ1) is 19.6. The van der Waals surface area contributed by atoms with Gasteiger partial charge in [-0.15, -0.1) is 0 Å². The van der Waals surface area contributed by atoms with Crippen molar-refractivity contribution in [1.82, 2.24) is 10.2 Å². The number of carbonyl (C=O) groups excluding carboxylic acids is 2. The van der Waals surface area contributed by atoms with E-state index in [2.05, 4.69) is 21.2 Å². The molecule has 25 heavy (non-hydrogen) atoms. The van der Waals surface area contributed by atoms with E-state index >= 15 is 0 Å². The van der Waals surface area contributed by atoms with E-state index in [1.165, 1.54) is 16.7 Å². The average molecular weight is 443 g/mol. The number of benzene rings is 1. The van der Waals surface area contributed by atoms with Gasteiger partial charge in [-0.25, -0.2) is 0 Å². The lowest BCUT2D eigenvalue weighted by atomic mass is 10.2.